The van der Waals surface area contributed by atoms with Gasteiger partial charge < -0.3 is 15.6 Å². The minimum Gasteiger partial charge on any atom is -0.507 e. The largest absolute Gasteiger partial charge is 0.507 e. The van der Waals surface area contributed by atoms with Gasteiger partial charge in [0.15, 0.2) is 5.78 Å². The number of ether oxygens (including phenoxy) is 1. The van der Waals surface area contributed by atoms with Gasteiger partial charge in [-0.1, -0.05) is 0 Å². The van der Waals surface area contributed by atoms with Crippen molar-refractivity contribution < 1.29 is 14.6 Å². The molecule has 0 amide bonds. The van der Waals surface area contributed by atoms with Crippen molar-refractivity contribution in [2.45, 2.75) is 6.92 Å². The second-order valence-electron chi connectivity index (χ2n) is 4.06. The van der Waals surface area contributed by atoms with Crippen molar-refractivity contribution in [1.29, 1.82) is 0 Å². The summed E-state index contributed by atoms with van der Waals surface area (Å²) in [5, 5.41) is 9.79. The van der Waals surface area contributed by atoms with Crippen LogP contribution in [0, 0.1) is 0 Å². The maximum absolute atomic E-state index is 12.3. The first-order chi connectivity index (χ1) is 9.11. The Kier molecular flexibility index (Phi) is 3.71. The second kappa shape index (κ2) is 5.44. The monoisotopic (exact) mass is 257 g/mol. The fourth-order valence-electron chi connectivity index (χ4n) is 1.74. The summed E-state index contributed by atoms with van der Waals surface area (Å²) in [6.07, 6.45) is 0. The van der Waals surface area contributed by atoms with Gasteiger partial charge in [-0.2, -0.15) is 0 Å². The summed E-state index contributed by atoms with van der Waals surface area (Å²) in [5.74, 6) is 0.225. The van der Waals surface area contributed by atoms with Gasteiger partial charge in [0.05, 0.1) is 12.2 Å². The molecule has 0 fully saturated rings. The summed E-state index contributed by atoms with van der Waals surface area (Å²) in [5.41, 5.74) is 6.85. The summed E-state index contributed by atoms with van der Waals surface area (Å²) in [4.78, 5) is 12.3. The van der Waals surface area contributed by atoms with Gasteiger partial charge >= 0.3 is 0 Å². The van der Waals surface area contributed by atoms with Crippen molar-refractivity contribution in [2.24, 2.45) is 0 Å². The number of nitrogen functional groups attached to an aromatic ring is 1. The molecule has 2 aromatic carbocycles. The second-order valence-corrected chi connectivity index (χ2v) is 4.06. The minimum atomic E-state index is -0.265. The molecule has 98 valence electrons. The molecule has 0 atom stereocenters. The molecule has 0 bridgehead atoms. The van der Waals surface area contributed by atoms with E-state index >= 15 is 0 Å². The Morgan fingerprint density at radius 3 is 2.53 bits per heavy atom. The van der Waals surface area contributed by atoms with Crippen molar-refractivity contribution >= 4 is 11.5 Å². The van der Waals surface area contributed by atoms with Gasteiger partial charge in [0.1, 0.15) is 11.5 Å². The van der Waals surface area contributed by atoms with E-state index in [1.165, 1.54) is 12.1 Å². The van der Waals surface area contributed by atoms with E-state index in [9.17, 15) is 9.90 Å². The van der Waals surface area contributed by atoms with E-state index in [-0.39, 0.29) is 17.1 Å². The fraction of sp³-hybridized carbons (Fsp3) is 0.133. The average molecular weight is 257 g/mol. The van der Waals surface area contributed by atoms with Crippen LogP contribution in [0.3, 0.4) is 0 Å². The molecule has 0 aliphatic heterocycles. The SMILES string of the molecule is CCOc1ccc(O)c(C(=O)c2ccc(N)cc2)c1. The Hall–Kier alpha value is -2.49. The third-order valence-corrected chi connectivity index (χ3v) is 2.70. The Morgan fingerprint density at radius 2 is 1.89 bits per heavy atom. The molecule has 2 aromatic rings. The van der Waals surface area contributed by atoms with Crippen molar-refractivity contribution in [2.75, 3.05) is 12.3 Å². The van der Waals surface area contributed by atoms with Gasteiger partial charge in [0.25, 0.3) is 0 Å². The first-order valence-electron chi connectivity index (χ1n) is 5.98. The molecule has 0 spiro atoms. The van der Waals surface area contributed by atoms with E-state index in [1.807, 2.05) is 6.92 Å². The first kappa shape index (κ1) is 13.0. The highest BCUT2D eigenvalue weighted by molar-refractivity contribution is 6.11. The summed E-state index contributed by atoms with van der Waals surface area (Å²) in [7, 11) is 0. The molecule has 0 heterocycles. The van der Waals surface area contributed by atoms with Crippen LogP contribution in [-0.2, 0) is 0 Å². The highest BCUT2D eigenvalue weighted by Crippen LogP contribution is 2.25. The zero-order chi connectivity index (χ0) is 13.8. The normalized spacial score (nSPS) is 10.2. The third kappa shape index (κ3) is 2.85. The molecular formula is C15H15NO3. The van der Waals surface area contributed by atoms with Crippen molar-refractivity contribution in [3.8, 4) is 11.5 Å². The lowest BCUT2D eigenvalue weighted by Gasteiger charge is -2.08. The average Bonchev–Trinajstić information content (AvgIpc) is 2.41. The van der Waals surface area contributed by atoms with Crippen LogP contribution in [0.15, 0.2) is 42.5 Å². The highest BCUT2D eigenvalue weighted by atomic mass is 16.5. The number of hydrogen-bond acceptors (Lipinski definition) is 4. The Labute approximate surface area is 111 Å². The van der Waals surface area contributed by atoms with E-state index in [0.717, 1.165) is 0 Å². The third-order valence-electron chi connectivity index (χ3n) is 2.70. The molecule has 0 saturated heterocycles. The van der Waals surface area contributed by atoms with Gasteiger partial charge in [-0.15, -0.1) is 0 Å². The van der Waals surface area contributed by atoms with Crippen LogP contribution < -0.4 is 10.5 Å². The number of anilines is 1. The van der Waals surface area contributed by atoms with Crippen molar-refractivity contribution in [3.05, 3.63) is 53.6 Å². The van der Waals surface area contributed by atoms with Crippen LogP contribution in [0.4, 0.5) is 5.69 Å². The van der Waals surface area contributed by atoms with E-state index < -0.39 is 0 Å². The number of phenolic OH excluding ortho intramolecular Hbond substituents is 1. The van der Waals surface area contributed by atoms with Crippen LogP contribution in [0.1, 0.15) is 22.8 Å². The summed E-state index contributed by atoms with van der Waals surface area (Å²) in [6.45, 7) is 2.36. The maximum Gasteiger partial charge on any atom is 0.196 e. The number of rotatable bonds is 4. The van der Waals surface area contributed by atoms with Crippen molar-refractivity contribution in [3.63, 3.8) is 0 Å². The number of nitrogens with two attached hydrogens (primary N) is 1. The predicted octanol–water partition coefficient (Wildman–Crippen LogP) is 2.60. The lowest BCUT2D eigenvalue weighted by Crippen LogP contribution is -2.03. The van der Waals surface area contributed by atoms with Gasteiger partial charge in [0.2, 0.25) is 0 Å². The van der Waals surface area contributed by atoms with Crippen LogP contribution in [0.2, 0.25) is 0 Å². The zero-order valence-electron chi connectivity index (χ0n) is 10.6. The van der Waals surface area contributed by atoms with E-state index in [4.69, 9.17) is 10.5 Å². The number of benzene rings is 2. The first-order valence-corrected chi connectivity index (χ1v) is 5.98. The van der Waals surface area contributed by atoms with Crippen LogP contribution in [-0.4, -0.2) is 17.5 Å². The molecule has 4 nitrogen and oxygen atoms in total. The number of ketones is 1. The van der Waals surface area contributed by atoms with Crippen LogP contribution in [0.25, 0.3) is 0 Å². The van der Waals surface area contributed by atoms with E-state index in [1.54, 1.807) is 30.3 Å². The quantitative estimate of drug-likeness (QED) is 0.652. The van der Waals surface area contributed by atoms with Gasteiger partial charge in [0, 0.05) is 11.3 Å². The summed E-state index contributed by atoms with van der Waals surface area (Å²) in [6, 6.07) is 11.2. The molecule has 3 N–H and O–H groups in total. The van der Waals surface area contributed by atoms with Crippen molar-refractivity contribution in [1.82, 2.24) is 0 Å². The molecule has 19 heavy (non-hydrogen) atoms. The van der Waals surface area contributed by atoms with Gasteiger partial charge in [-0.05, 0) is 49.4 Å². The van der Waals surface area contributed by atoms with Gasteiger partial charge in [-0.3, -0.25) is 4.79 Å². The number of phenols is 1. The fourth-order valence-corrected chi connectivity index (χ4v) is 1.74. The maximum atomic E-state index is 12.3. The smallest absolute Gasteiger partial charge is 0.196 e. The van der Waals surface area contributed by atoms with Crippen LogP contribution >= 0.6 is 0 Å². The molecule has 0 saturated carbocycles. The Bertz CT molecular complexity index is 591. The Morgan fingerprint density at radius 1 is 1.21 bits per heavy atom. The number of carbonyl (C=O) groups is 1. The number of carbonyl (C=O) groups excluding carboxylic acids is 1. The predicted molar refractivity (Wildman–Crippen MR) is 73.6 cm³/mol. The Balaban J connectivity index is 2.37. The lowest BCUT2D eigenvalue weighted by molar-refractivity contribution is 0.103. The van der Waals surface area contributed by atoms with E-state index in [0.29, 0.717) is 23.6 Å². The number of aromatic hydroxyl groups is 1. The molecular weight excluding hydrogens is 242 g/mol. The van der Waals surface area contributed by atoms with Crippen LogP contribution in [0.5, 0.6) is 11.5 Å². The molecule has 0 aliphatic carbocycles. The topological polar surface area (TPSA) is 72.5 Å². The standard InChI is InChI=1S/C15H15NO3/c1-2-19-12-7-8-14(17)13(9-12)15(18)10-3-5-11(16)6-4-10/h3-9,17H,2,16H2,1H3. The zero-order valence-corrected chi connectivity index (χ0v) is 10.6. The molecule has 0 aromatic heterocycles. The van der Waals surface area contributed by atoms with Gasteiger partial charge in [-0.25, -0.2) is 0 Å². The number of hydrogen-bond donors (Lipinski definition) is 2. The minimum absolute atomic E-state index is 0.0646. The lowest BCUT2D eigenvalue weighted by atomic mass is 10.0. The molecule has 2 rings (SSSR count). The van der Waals surface area contributed by atoms with E-state index in [2.05, 4.69) is 0 Å². The highest BCUT2D eigenvalue weighted by Gasteiger charge is 2.14. The summed E-state index contributed by atoms with van der Waals surface area (Å²) < 4.78 is 5.32. The molecule has 4 heteroatoms. The molecule has 0 aliphatic rings. The molecule has 0 unspecified atom stereocenters. The molecule has 0 radical (unpaired) electrons. The summed E-state index contributed by atoms with van der Waals surface area (Å²) >= 11 is 0.